The molecule has 66 valence electrons. The van der Waals surface area contributed by atoms with Gasteiger partial charge in [-0.1, -0.05) is 6.92 Å². The molecular formula is C7H15NO3. The van der Waals surface area contributed by atoms with E-state index in [1.807, 2.05) is 6.92 Å². The van der Waals surface area contributed by atoms with E-state index >= 15 is 0 Å². The first-order chi connectivity index (χ1) is 5.07. The smallest absolute Gasteiger partial charge is 0.320 e. The van der Waals surface area contributed by atoms with Gasteiger partial charge in [0.25, 0.3) is 0 Å². The number of aliphatic hydroxyl groups excluding tert-OH is 1. The van der Waals surface area contributed by atoms with Crippen LogP contribution in [0, 0.1) is 5.92 Å². The van der Waals surface area contributed by atoms with Gasteiger partial charge in [-0.2, -0.15) is 0 Å². The minimum Gasteiger partial charge on any atom is -0.480 e. The molecule has 0 aromatic carbocycles. The third kappa shape index (κ3) is 4.75. The minimum atomic E-state index is -0.866. The number of carboxylic acids is 1. The average molecular weight is 161 g/mol. The van der Waals surface area contributed by atoms with Crippen LogP contribution in [-0.2, 0) is 4.79 Å². The number of nitrogens with one attached hydrogen (secondary N) is 1. The molecule has 0 saturated heterocycles. The van der Waals surface area contributed by atoms with E-state index in [0.717, 1.165) is 0 Å². The number of hydrogen-bond acceptors (Lipinski definition) is 3. The molecule has 0 aliphatic carbocycles. The molecule has 0 unspecified atom stereocenters. The van der Waals surface area contributed by atoms with E-state index < -0.39 is 12.0 Å². The van der Waals surface area contributed by atoms with E-state index in [9.17, 15) is 4.79 Å². The summed E-state index contributed by atoms with van der Waals surface area (Å²) in [5, 5.41) is 19.8. The van der Waals surface area contributed by atoms with Crippen LogP contribution in [0.15, 0.2) is 0 Å². The Morgan fingerprint density at radius 1 is 1.55 bits per heavy atom. The molecule has 4 nitrogen and oxygen atoms in total. The summed E-state index contributed by atoms with van der Waals surface area (Å²) >= 11 is 0. The summed E-state index contributed by atoms with van der Waals surface area (Å²) in [5.74, 6) is -0.757. The fourth-order valence-corrected chi connectivity index (χ4v) is 0.530. The molecule has 0 radical (unpaired) electrons. The maximum atomic E-state index is 10.3. The molecule has 0 aromatic heterocycles. The van der Waals surface area contributed by atoms with E-state index in [1.165, 1.54) is 0 Å². The van der Waals surface area contributed by atoms with Gasteiger partial charge in [0.1, 0.15) is 6.04 Å². The molecule has 0 rings (SSSR count). The second-order valence-corrected chi connectivity index (χ2v) is 2.76. The Labute approximate surface area is 66.2 Å². The van der Waals surface area contributed by atoms with E-state index in [2.05, 4.69) is 5.32 Å². The molecule has 4 heteroatoms. The summed E-state index contributed by atoms with van der Waals surface area (Å²) < 4.78 is 0. The summed E-state index contributed by atoms with van der Waals surface area (Å²) in [4.78, 5) is 10.3. The Morgan fingerprint density at radius 2 is 2.09 bits per heavy atom. The van der Waals surface area contributed by atoms with Crippen molar-refractivity contribution >= 4 is 5.97 Å². The molecule has 0 spiro atoms. The van der Waals surface area contributed by atoms with Crippen molar-refractivity contribution in [3.8, 4) is 0 Å². The van der Waals surface area contributed by atoms with Crippen molar-refractivity contribution in [2.45, 2.75) is 19.9 Å². The van der Waals surface area contributed by atoms with Gasteiger partial charge in [0.15, 0.2) is 0 Å². The maximum absolute atomic E-state index is 10.3. The number of hydrogen-bond donors (Lipinski definition) is 3. The Kier molecular flexibility index (Phi) is 4.81. The zero-order valence-electron chi connectivity index (χ0n) is 6.87. The lowest BCUT2D eigenvalue weighted by Crippen LogP contribution is -2.37. The van der Waals surface area contributed by atoms with Gasteiger partial charge in [0.05, 0.1) is 0 Å². The molecule has 11 heavy (non-hydrogen) atoms. The summed E-state index contributed by atoms with van der Waals surface area (Å²) in [6.45, 7) is 4.04. The number of rotatable bonds is 5. The van der Waals surface area contributed by atoms with Crippen LogP contribution in [0.3, 0.4) is 0 Å². The van der Waals surface area contributed by atoms with E-state index in [1.54, 1.807) is 6.92 Å². The molecule has 0 saturated carbocycles. The van der Waals surface area contributed by atoms with E-state index in [4.69, 9.17) is 10.2 Å². The Bertz CT molecular complexity index is 127. The van der Waals surface area contributed by atoms with Crippen LogP contribution >= 0.6 is 0 Å². The SMILES string of the molecule is C[C@@H](CO)CN[C@@H](C)C(=O)O. The Morgan fingerprint density at radius 3 is 2.45 bits per heavy atom. The van der Waals surface area contributed by atoms with Gasteiger partial charge in [-0.3, -0.25) is 4.79 Å². The highest BCUT2D eigenvalue weighted by atomic mass is 16.4. The third-order valence-corrected chi connectivity index (χ3v) is 1.45. The largest absolute Gasteiger partial charge is 0.480 e. The van der Waals surface area contributed by atoms with E-state index in [-0.39, 0.29) is 12.5 Å². The van der Waals surface area contributed by atoms with Crippen molar-refractivity contribution in [2.24, 2.45) is 5.92 Å². The lowest BCUT2D eigenvalue weighted by Gasteiger charge is -2.12. The second kappa shape index (κ2) is 5.09. The molecule has 0 heterocycles. The standard InChI is InChI=1S/C7H15NO3/c1-5(4-9)3-8-6(2)7(10)11/h5-6,8-9H,3-4H2,1-2H3,(H,10,11)/t5-,6+/m1/s1. The zero-order chi connectivity index (χ0) is 8.85. The third-order valence-electron chi connectivity index (χ3n) is 1.45. The first kappa shape index (κ1) is 10.4. The van der Waals surface area contributed by atoms with Crippen LogP contribution in [0.4, 0.5) is 0 Å². The average Bonchev–Trinajstić information content (AvgIpc) is 1.99. The van der Waals surface area contributed by atoms with Gasteiger partial charge < -0.3 is 15.5 Å². The predicted molar refractivity (Wildman–Crippen MR) is 41.4 cm³/mol. The first-order valence-corrected chi connectivity index (χ1v) is 3.65. The lowest BCUT2D eigenvalue weighted by molar-refractivity contribution is -0.139. The van der Waals surface area contributed by atoms with Crippen molar-refractivity contribution in [3.63, 3.8) is 0 Å². The molecule has 0 amide bonds. The second-order valence-electron chi connectivity index (χ2n) is 2.76. The molecular weight excluding hydrogens is 146 g/mol. The summed E-state index contributed by atoms with van der Waals surface area (Å²) in [6, 6.07) is -0.538. The first-order valence-electron chi connectivity index (χ1n) is 3.65. The van der Waals surface area contributed by atoms with Gasteiger partial charge in [-0.05, 0) is 12.8 Å². The maximum Gasteiger partial charge on any atom is 0.320 e. The van der Waals surface area contributed by atoms with Crippen molar-refractivity contribution in [1.29, 1.82) is 0 Å². The van der Waals surface area contributed by atoms with Crippen LogP contribution in [0.5, 0.6) is 0 Å². The van der Waals surface area contributed by atoms with E-state index in [0.29, 0.717) is 6.54 Å². The molecule has 2 atom stereocenters. The molecule has 0 fully saturated rings. The van der Waals surface area contributed by atoms with Crippen LogP contribution in [0.25, 0.3) is 0 Å². The molecule has 0 aliphatic heterocycles. The van der Waals surface area contributed by atoms with Crippen molar-refractivity contribution < 1.29 is 15.0 Å². The van der Waals surface area contributed by atoms with Crippen LogP contribution < -0.4 is 5.32 Å². The normalized spacial score (nSPS) is 15.9. The van der Waals surface area contributed by atoms with Crippen molar-refractivity contribution in [3.05, 3.63) is 0 Å². The number of aliphatic carboxylic acids is 1. The zero-order valence-corrected chi connectivity index (χ0v) is 6.87. The highest BCUT2D eigenvalue weighted by molar-refractivity contribution is 5.72. The molecule has 0 aliphatic rings. The van der Waals surface area contributed by atoms with Gasteiger partial charge in [-0.25, -0.2) is 0 Å². The summed E-state index contributed by atoms with van der Waals surface area (Å²) in [5.41, 5.74) is 0. The van der Waals surface area contributed by atoms with Gasteiger partial charge in [0, 0.05) is 13.2 Å². The predicted octanol–water partition coefficient (Wildman–Crippen LogP) is -0.323. The number of aliphatic hydroxyl groups is 1. The topological polar surface area (TPSA) is 69.6 Å². The van der Waals surface area contributed by atoms with Crippen molar-refractivity contribution in [2.75, 3.05) is 13.2 Å². The Hall–Kier alpha value is -0.610. The van der Waals surface area contributed by atoms with Gasteiger partial charge in [0.2, 0.25) is 0 Å². The fraction of sp³-hybridized carbons (Fsp3) is 0.857. The lowest BCUT2D eigenvalue weighted by atomic mass is 10.2. The molecule has 0 bridgehead atoms. The quantitative estimate of drug-likeness (QED) is 0.516. The molecule has 0 aromatic rings. The monoisotopic (exact) mass is 161 g/mol. The molecule has 3 N–H and O–H groups in total. The highest BCUT2D eigenvalue weighted by Crippen LogP contribution is 1.90. The van der Waals surface area contributed by atoms with Gasteiger partial charge >= 0.3 is 5.97 Å². The minimum absolute atomic E-state index is 0.0827. The van der Waals surface area contributed by atoms with Crippen LogP contribution in [0.2, 0.25) is 0 Å². The summed E-state index contributed by atoms with van der Waals surface area (Å²) in [6.07, 6.45) is 0. The highest BCUT2D eigenvalue weighted by Gasteiger charge is 2.10. The van der Waals surface area contributed by atoms with Gasteiger partial charge in [-0.15, -0.1) is 0 Å². The number of carbonyl (C=O) groups is 1. The Balaban J connectivity index is 3.45. The van der Waals surface area contributed by atoms with Crippen LogP contribution in [0.1, 0.15) is 13.8 Å². The number of carboxylic acid groups (broad SMARTS) is 1. The summed E-state index contributed by atoms with van der Waals surface area (Å²) in [7, 11) is 0. The van der Waals surface area contributed by atoms with Crippen LogP contribution in [-0.4, -0.2) is 35.4 Å². The fourth-order valence-electron chi connectivity index (χ4n) is 0.530. The van der Waals surface area contributed by atoms with Crippen molar-refractivity contribution in [1.82, 2.24) is 5.32 Å².